The number of hydrogen-bond donors (Lipinski definition) is 7. The first kappa shape index (κ1) is 40.5. The third kappa shape index (κ3) is 8.68. The summed E-state index contributed by atoms with van der Waals surface area (Å²) in [5.41, 5.74) is 5.08. The molecule has 0 aromatic carbocycles. The lowest BCUT2D eigenvalue weighted by molar-refractivity contribution is -0.239. The molecule has 0 spiro atoms. The van der Waals surface area contributed by atoms with Crippen molar-refractivity contribution in [1.82, 2.24) is 21.3 Å². The van der Waals surface area contributed by atoms with E-state index in [0.29, 0.717) is 37.9 Å². The molecule has 4 rings (SSSR count). The van der Waals surface area contributed by atoms with Crippen molar-refractivity contribution in [1.29, 1.82) is 0 Å². The van der Waals surface area contributed by atoms with Crippen LogP contribution in [0.1, 0.15) is 106 Å². The predicted molar refractivity (Wildman–Crippen MR) is 196 cm³/mol. The largest absolute Gasteiger partial charge is 0.462 e. The molecule has 8 N–H and O–H groups in total. The second-order valence-electron chi connectivity index (χ2n) is 17.5. The lowest BCUT2D eigenvalue weighted by atomic mass is 9.36. The zero-order valence-electron chi connectivity index (χ0n) is 32.0. The SMILES string of the molecule is CC(=O)O[C@H]1C[C@@]2(C)C(C[C@@H](O)C3[C@@]4(C)CC[C@H](O)[C@@H](C)C4CC[C@@]32C)[C@@H]1[C@H](CCCC(C)C)C(=O)NCCNCCNCCNCCN. The highest BCUT2D eigenvalue weighted by Gasteiger charge is 2.72. The summed E-state index contributed by atoms with van der Waals surface area (Å²) in [6.07, 6.45) is 6.68. The van der Waals surface area contributed by atoms with Crippen LogP contribution in [0.5, 0.6) is 0 Å². The van der Waals surface area contributed by atoms with Crippen molar-refractivity contribution in [3.05, 3.63) is 0 Å². The summed E-state index contributed by atoms with van der Waals surface area (Å²) in [6.45, 7) is 21.5. The average molecular weight is 692 g/mol. The molecule has 10 nitrogen and oxygen atoms in total. The minimum Gasteiger partial charge on any atom is -0.462 e. The summed E-state index contributed by atoms with van der Waals surface area (Å²) in [4.78, 5) is 26.9. The number of ether oxygens (including phenoxy) is 1. The van der Waals surface area contributed by atoms with Gasteiger partial charge in [-0.1, -0.05) is 54.4 Å². The molecule has 10 heteroatoms. The molecular weight excluding hydrogens is 618 g/mol. The van der Waals surface area contributed by atoms with E-state index in [0.717, 1.165) is 84.1 Å². The molecule has 12 atom stereocenters. The van der Waals surface area contributed by atoms with Crippen molar-refractivity contribution in [2.45, 2.75) is 125 Å². The normalized spacial score (nSPS) is 39.2. The molecule has 0 bridgehead atoms. The number of nitrogens with two attached hydrogens (primary N) is 1. The Labute approximate surface area is 297 Å². The fraction of sp³-hybridized carbons (Fsp3) is 0.949. The van der Waals surface area contributed by atoms with Crippen LogP contribution >= 0.6 is 0 Å². The van der Waals surface area contributed by atoms with Crippen LogP contribution < -0.4 is 27.0 Å². The number of amides is 1. The Hall–Kier alpha value is -1.30. The first-order valence-electron chi connectivity index (χ1n) is 19.8. The van der Waals surface area contributed by atoms with Crippen LogP contribution in [-0.4, -0.2) is 92.8 Å². The maximum atomic E-state index is 14.2. The lowest BCUT2D eigenvalue weighted by Gasteiger charge is -2.69. The van der Waals surface area contributed by atoms with Gasteiger partial charge < -0.3 is 42.0 Å². The maximum Gasteiger partial charge on any atom is 0.302 e. The van der Waals surface area contributed by atoms with Gasteiger partial charge >= 0.3 is 5.97 Å². The van der Waals surface area contributed by atoms with Gasteiger partial charge in [0, 0.05) is 71.1 Å². The number of fused-ring (bicyclic) bond motifs is 5. The zero-order chi connectivity index (χ0) is 36.0. The lowest BCUT2D eigenvalue weighted by Crippen LogP contribution is -2.66. The molecule has 0 heterocycles. The Kier molecular flexibility index (Phi) is 14.4. The first-order valence-corrected chi connectivity index (χ1v) is 19.8. The van der Waals surface area contributed by atoms with E-state index in [4.69, 9.17) is 10.5 Å². The molecule has 0 aliphatic heterocycles. The van der Waals surface area contributed by atoms with Crippen LogP contribution in [0.2, 0.25) is 0 Å². The second kappa shape index (κ2) is 17.5. The summed E-state index contributed by atoms with van der Waals surface area (Å²) in [6, 6.07) is 0. The van der Waals surface area contributed by atoms with Crippen LogP contribution in [-0.2, 0) is 14.3 Å². The van der Waals surface area contributed by atoms with E-state index in [1.807, 2.05) is 0 Å². The van der Waals surface area contributed by atoms with E-state index in [9.17, 15) is 19.8 Å². The van der Waals surface area contributed by atoms with Crippen LogP contribution in [0.25, 0.3) is 0 Å². The number of aliphatic hydroxyl groups excluding tert-OH is 2. The van der Waals surface area contributed by atoms with Gasteiger partial charge in [-0.3, -0.25) is 9.59 Å². The molecule has 0 aromatic heterocycles. The minimum absolute atomic E-state index is 0.0496. The zero-order valence-corrected chi connectivity index (χ0v) is 32.0. The molecule has 3 unspecified atom stereocenters. The molecule has 49 heavy (non-hydrogen) atoms. The number of aliphatic hydroxyl groups is 2. The number of hydrogen-bond acceptors (Lipinski definition) is 9. The van der Waals surface area contributed by atoms with E-state index in [2.05, 4.69) is 62.8 Å². The molecule has 0 aromatic rings. The number of esters is 1. The standard InChI is InChI=1S/C39H73N5O5/c1-25(2)9-8-10-28(36(48)44-22-21-43-20-19-42-18-17-41-16-15-40)34-30-23-32(47)35-37(5)13-12-31(46)26(3)29(37)11-14-38(35,6)39(30,7)24-33(34)49-27(4)45/h25-26,28-35,41-43,46-47H,8-24,40H2,1-7H3,(H,44,48)/t26-,28-,29?,30?,31-,32+,33-,34-,35?,37-,38-,39-/m0/s1. The topological polar surface area (TPSA) is 158 Å². The van der Waals surface area contributed by atoms with E-state index in [1.165, 1.54) is 6.92 Å². The second-order valence-corrected chi connectivity index (χ2v) is 17.5. The van der Waals surface area contributed by atoms with E-state index < -0.39 is 6.10 Å². The Balaban J connectivity index is 1.51. The summed E-state index contributed by atoms with van der Waals surface area (Å²) in [7, 11) is 0. The Morgan fingerprint density at radius 1 is 0.857 bits per heavy atom. The molecule has 284 valence electrons. The molecule has 4 fully saturated rings. The van der Waals surface area contributed by atoms with Crippen LogP contribution in [0.4, 0.5) is 0 Å². The molecule has 0 radical (unpaired) electrons. The van der Waals surface area contributed by atoms with Crippen molar-refractivity contribution >= 4 is 11.9 Å². The van der Waals surface area contributed by atoms with Gasteiger partial charge in [0.25, 0.3) is 0 Å². The summed E-state index contributed by atoms with van der Waals surface area (Å²) in [5.74, 6) is 0.629. The molecule has 4 aliphatic carbocycles. The van der Waals surface area contributed by atoms with E-state index >= 15 is 0 Å². The third-order valence-electron chi connectivity index (χ3n) is 14.3. The van der Waals surface area contributed by atoms with Crippen molar-refractivity contribution in [2.24, 2.45) is 63.4 Å². The van der Waals surface area contributed by atoms with Gasteiger partial charge in [-0.2, -0.15) is 0 Å². The van der Waals surface area contributed by atoms with Gasteiger partial charge in [0.05, 0.1) is 12.2 Å². The predicted octanol–water partition coefficient (Wildman–Crippen LogP) is 3.44. The summed E-state index contributed by atoms with van der Waals surface area (Å²) >= 11 is 0. The molecular formula is C39H73N5O5. The summed E-state index contributed by atoms with van der Waals surface area (Å²) < 4.78 is 6.21. The van der Waals surface area contributed by atoms with Crippen molar-refractivity contribution in [3.8, 4) is 0 Å². The van der Waals surface area contributed by atoms with Crippen LogP contribution in [0.3, 0.4) is 0 Å². The highest BCUT2D eigenvalue weighted by molar-refractivity contribution is 5.79. The monoisotopic (exact) mass is 692 g/mol. The Morgan fingerprint density at radius 2 is 1.49 bits per heavy atom. The van der Waals surface area contributed by atoms with Gasteiger partial charge in [0.1, 0.15) is 6.10 Å². The third-order valence-corrected chi connectivity index (χ3v) is 14.3. The molecule has 1 amide bonds. The highest BCUT2D eigenvalue weighted by Crippen LogP contribution is 2.74. The smallest absolute Gasteiger partial charge is 0.302 e. The number of nitrogens with one attached hydrogen (secondary N) is 4. The Bertz CT molecular complexity index is 1080. The van der Waals surface area contributed by atoms with Crippen LogP contribution in [0.15, 0.2) is 0 Å². The quantitative estimate of drug-likeness (QED) is 0.0845. The molecule has 0 saturated heterocycles. The van der Waals surface area contributed by atoms with Crippen LogP contribution in [0, 0.1) is 57.7 Å². The number of carbonyl (C=O) groups is 2. The number of carbonyl (C=O) groups excluding carboxylic acids is 2. The van der Waals surface area contributed by atoms with Gasteiger partial charge in [0.2, 0.25) is 5.91 Å². The highest BCUT2D eigenvalue weighted by atomic mass is 16.5. The Morgan fingerprint density at radius 3 is 2.10 bits per heavy atom. The molecule has 4 aliphatic rings. The summed E-state index contributed by atoms with van der Waals surface area (Å²) in [5, 5.41) is 36.5. The molecule has 4 saturated carbocycles. The first-order chi connectivity index (χ1) is 23.2. The van der Waals surface area contributed by atoms with Gasteiger partial charge in [-0.05, 0) is 90.8 Å². The maximum absolute atomic E-state index is 14.2. The average Bonchev–Trinajstić information content (AvgIpc) is 3.30. The van der Waals surface area contributed by atoms with Gasteiger partial charge in [-0.15, -0.1) is 0 Å². The number of rotatable bonds is 18. The van der Waals surface area contributed by atoms with Gasteiger partial charge in [0.15, 0.2) is 0 Å². The van der Waals surface area contributed by atoms with E-state index in [-0.39, 0.29) is 69.9 Å². The minimum atomic E-state index is -0.495. The fourth-order valence-electron chi connectivity index (χ4n) is 11.8. The van der Waals surface area contributed by atoms with Crippen molar-refractivity contribution < 1.29 is 24.5 Å². The van der Waals surface area contributed by atoms with E-state index in [1.54, 1.807) is 0 Å². The van der Waals surface area contributed by atoms with Gasteiger partial charge in [-0.25, -0.2) is 0 Å². The fourth-order valence-corrected chi connectivity index (χ4v) is 11.8. The van der Waals surface area contributed by atoms with Crippen molar-refractivity contribution in [2.75, 3.05) is 52.4 Å². The van der Waals surface area contributed by atoms with Crippen molar-refractivity contribution in [3.63, 3.8) is 0 Å².